The number of hydrogen-bond donors (Lipinski definition) is 2. The summed E-state index contributed by atoms with van der Waals surface area (Å²) in [5, 5.41) is 11.8. The van der Waals surface area contributed by atoms with Crippen LogP contribution >= 0.6 is 0 Å². The van der Waals surface area contributed by atoms with Gasteiger partial charge in [0.05, 0.1) is 19.6 Å². The molecule has 8 heteroatoms. The number of aliphatic carboxylic acids is 1. The zero-order valence-electron chi connectivity index (χ0n) is 11.3. The van der Waals surface area contributed by atoms with Crippen molar-refractivity contribution in [1.82, 2.24) is 10.2 Å². The van der Waals surface area contributed by atoms with Crippen LogP contribution in [0.3, 0.4) is 0 Å². The molecule has 2 aliphatic rings. The maximum absolute atomic E-state index is 12.1. The highest BCUT2D eigenvalue weighted by Crippen LogP contribution is 2.22. The second-order valence-electron chi connectivity index (χ2n) is 5.07. The van der Waals surface area contributed by atoms with Crippen LogP contribution in [-0.2, 0) is 19.1 Å². The summed E-state index contributed by atoms with van der Waals surface area (Å²) in [6.07, 6.45) is 0.763. The van der Waals surface area contributed by atoms with Crippen LogP contribution < -0.4 is 5.32 Å². The number of rotatable bonds is 3. The predicted molar refractivity (Wildman–Crippen MR) is 66.0 cm³/mol. The van der Waals surface area contributed by atoms with Gasteiger partial charge in [-0.3, -0.25) is 4.79 Å². The molecule has 2 unspecified atom stereocenters. The molecule has 2 aliphatic heterocycles. The Labute approximate surface area is 116 Å². The van der Waals surface area contributed by atoms with Crippen LogP contribution in [0.1, 0.15) is 12.8 Å². The number of hydrogen-bond acceptors (Lipinski definition) is 5. The molecule has 0 aromatic carbocycles. The molecule has 2 saturated heterocycles. The molecule has 2 rings (SSSR count). The third-order valence-electron chi connectivity index (χ3n) is 3.79. The molecule has 0 spiro atoms. The average molecular weight is 286 g/mol. The van der Waals surface area contributed by atoms with Crippen molar-refractivity contribution in [2.24, 2.45) is 5.92 Å². The van der Waals surface area contributed by atoms with Crippen molar-refractivity contribution < 1.29 is 29.0 Å². The third-order valence-corrected chi connectivity index (χ3v) is 3.79. The summed E-state index contributed by atoms with van der Waals surface area (Å²) in [6.45, 7) is 0.914. The minimum atomic E-state index is -1.36. The van der Waals surface area contributed by atoms with E-state index in [1.807, 2.05) is 0 Å². The van der Waals surface area contributed by atoms with Crippen LogP contribution in [0.15, 0.2) is 0 Å². The van der Waals surface area contributed by atoms with Crippen LogP contribution in [0, 0.1) is 5.92 Å². The monoisotopic (exact) mass is 286 g/mol. The van der Waals surface area contributed by atoms with Crippen LogP contribution in [0.5, 0.6) is 0 Å². The van der Waals surface area contributed by atoms with Crippen molar-refractivity contribution in [3.05, 3.63) is 0 Å². The number of carboxylic acid groups (broad SMARTS) is 1. The number of carboxylic acids is 1. The Morgan fingerprint density at radius 3 is 2.75 bits per heavy atom. The van der Waals surface area contributed by atoms with E-state index in [0.717, 1.165) is 0 Å². The summed E-state index contributed by atoms with van der Waals surface area (Å²) in [6, 6.07) is -0.482. The van der Waals surface area contributed by atoms with Gasteiger partial charge in [0.15, 0.2) is 5.54 Å². The van der Waals surface area contributed by atoms with Gasteiger partial charge in [0.1, 0.15) is 0 Å². The summed E-state index contributed by atoms with van der Waals surface area (Å²) in [7, 11) is 1.31. The van der Waals surface area contributed by atoms with Gasteiger partial charge in [0.25, 0.3) is 0 Å². The van der Waals surface area contributed by atoms with Crippen LogP contribution in [0.4, 0.5) is 4.79 Å². The van der Waals surface area contributed by atoms with Gasteiger partial charge in [-0.1, -0.05) is 0 Å². The number of esters is 1. The number of nitrogens with zero attached hydrogens (tertiary/aromatic N) is 1. The van der Waals surface area contributed by atoms with Crippen molar-refractivity contribution in [1.29, 1.82) is 0 Å². The fourth-order valence-corrected chi connectivity index (χ4v) is 2.47. The lowest BCUT2D eigenvalue weighted by Gasteiger charge is -2.27. The normalized spacial score (nSPS) is 29.2. The van der Waals surface area contributed by atoms with Gasteiger partial charge >= 0.3 is 18.0 Å². The van der Waals surface area contributed by atoms with Crippen LogP contribution in [-0.4, -0.2) is 66.9 Å². The van der Waals surface area contributed by atoms with Crippen LogP contribution in [0.2, 0.25) is 0 Å². The first-order chi connectivity index (χ1) is 9.48. The number of carbonyl (C=O) groups excluding carboxylic acids is 2. The number of likely N-dealkylation sites (tertiary alicyclic amines) is 1. The lowest BCUT2D eigenvalue weighted by Crippen LogP contribution is -2.58. The average Bonchev–Trinajstić information content (AvgIpc) is 3.07. The first-order valence-electron chi connectivity index (χ1n) is 6.44. The fourth-order valence-electron chi connectivity index (χ4n) is 2.47. The molecule has 2 fully saturated rings. The van der Waals surface area contributed by atoms with E-state index in [1.165, 1.54) is 12.0 Å². The number of amides is 2. The van der Waals surface area contributed by atoms with Crippen molar-refractivity contribution in [3.63, 3.8) is 0 Å². The van der Waals surface area contributed by atoms with Gasteiger partial charge in [-0.15, -0.1) is 0 Å². The Kier molecular flexibility index (Phi) is 4.12. The lowest BCUT2D eigenvalue weighted by atomic mass is 9.99. The molecule has 0 aromatic rings. The highest BCUT2D eigenvalue weighted by atomic mass is 16.5. The van der Waals surface area contributed by atoms with Crippen molar-refractivity contribution in [2.75, 3.05) is 33.4 Å². The highest BCUT2D eigenvalue weighted by Gasteiger charge is 2.45. The minimum absolute atomic E-state index is 0.0393. The fraction of sp³-hybridized carbons (Fsp3) is 0.750. The number of ether oxygens (including phenoxy) is 2. The maximum Gasteiger partial charge on any atom is 0.332 e. The van der Waals surface area contributed by atoms with E-state index in [9.17, 15) is 19.5 Å². The summed E-state index contributed by atoms with van der Waals surface area (Å²) in [5.41, 5.74) is -1.36. The Bertz CT molecular complexity index is 418. The van der Waals surface area contributed by atoms with Gasteiger partial charge in [0.2, 0.25) is 0 Å². The Morgan fingerprint density at radius 2 is 2.20 bits per heavy atom. The predicted octanol–water partition coefficient (Wildman–Crippen LogP) is -0.565. The second-order valence-corrected chi connectivity index (χ2v) is 5.07. The SMILES string of the molecule is COC(=O)C1CCN(C(=O)NC2(C(=O)O)CCOC2)C1. The Balaban J connectivity index is 1.95. The topological polar surface area (TPSA) is 105 Å². The van der Waals surface area contributed by atoms with Gasteiger partial charge in [-0.25, -0.2) is 9.59 Å². The zero-order valence-corrected chi connectivity index (χ0v) is 11.3. The molecule has 0 bridgehead atoms. The lowest BCUT2D eigenvalue weighted by molar-refractivity contribution is -0.145. The highest BCUT2D eigenvalue weighted by molar-refractivity contribution is 5.87. The molecule has 2 N–H and O–H groups in total. The van der Waals surface area contributed by atoms with E-state index in [4.69, 9.17) is 4.74 Å². The molecule has 0 radical (unpaired) electrons. The van der Waals surface area contributed by atoms with Gasteiger partial charge in [-0.2, -0.15) is 0 Å². The second kappa shape index (κ2) is 5.66. The molecule has 0 aromatic heterocycles. The molecule has 0 aliphatic carbocycles. The molecule has 8 nitrogen and oxygen atoms in total. The van der Waals surface area contributed by atoms with E-state index < -0.39 is 17.5 Å². The largest absolute Gasteiger partial charge is 0.479 e. The zero-order chi connectivity index (χ0) is 14.8. The van der Waals surface area contributed by atoms with E-state index >= 15 is 0 Å². The van der Waals surface area contributed by atoms with E-state index in [0.29, 0.717) is 19.6 Å². The van der Waals surface area contributed by atoms with E-state index in [-0.39, 0.29) is 31.5 Å². The molecular weight excluding hydrogens is 268 g/mol. The van der Waals surface area contributed by atoms with Gasteiger partial charge < -0.3 is 24.8 Å². The molecule has 2 atom stereocenters. The van der Waals surface area contributed by atoms with Crippen molar-refractivity contribution in [3.8, 4) is 0 Å². The molecule has 2 amide bonds. The number of carbonyl (C=O) groups is 3. The summed E-state index contributed by atoms with van der Waals surface area (Å²) in [4.78, 5) is 36.3. The van der Waals surface area contributed by atoms with Gasteiger partial charge in [-0.05, 0) is 6.42 Å². The smallest absolute Gasteiger partial charge is 0.332 e. The number of urea groups is 1. The molecular formula is C12H18N2O6. The third kappa shape index (κ3) is 2.69. The number of nitrogens with one attached hydrogen (secondary N) is 1. The first-order valence-corrected chi connectivity index (χ1v) is 6.44. The standard InChI is InChI=1S/C12H18N2O6/c1-19-9(15)8-2-4-14(6-8)11(18)13-12(10(16)17)3-5-20-7-12/h8H,2-7H2,1H3,(H,13,18)(H,16,17). The Morgan fingerprint density at radius 1 is 1.45 bits per heavy atom. The minimum Gasteiger partial charge on any atom is -0.479 e. The van der Waals surface area contributed by atoms with Gasteiger partial charge in [0, 0.05) is 26.1 Å². The van der Waals surface area contributed by atoms with E-state index in [2.05, 4.69) is 10.1 Å². The quantitative estimate of drug-likeness (QED) is 0.673. The molecule has 2 heterocycles. The van der Waals surface area contributed by atoms with Crippen LogP contribution in [0.25, 0.3) is 0 Å². The molecule has 20 heavy (non-hydrogen) atoms. The molecule has 112 valence electrons. The molecule has 0 saturated carbocycles. The first kappa shape index (κ1) is 14.6. The summed E-state index contributed by atoms with van der Waals surface area (Å²) < 4.78 is 9.72. The summed E-state index contributed by atoms with van der Waals surface area (Å²) >= 11 is 0. The maximum atomic E-state index is 12.1. The van der Waals surface area contributed by atoms with E-state index in [1.54, 1.807) is 0 Å². The Hall–Kier alpha value is -1.83. The number of methoxy groups -OCH3 is 1. The van der Waals surface area contributed by atoms with Crippen molar-refractivity contribution in [2.45, 2.75) is 18.4 Å². The summed E-state index contributed by atoms with van der Waals surface area (Å²) in [5.74, 6) is -1.80. The van der Waals surface area contributed by atoms with Crippen molar-refractivity contribution >= 4 is 18.0 Å².